The average Bonchev–Trinajstić information content (AvgIpc) is 2.80. The minimum Gasteiger partial charge on any atom is -0.312 e. The van der Waals surface area contributed by atoms with Crippen LogP contribution in [0.4, 0.5) is 0 Å². The highest BCUT2D eigenvalue weighted by molar-refractivity contribution is 9.09. The van der Waals surface area contributed by atoms with Crippen molar-refractivity contribution < 1.29 is 0 Å². The fraction of sp³-hybridized carbons (Fsp3) is 0.647. The van der Waals surface area contributed by atoms with Crippen LogP contribution in [0.2, 0.25) is 0 Å². The highest BCUT2D eigenvalue weighted by Crippen LogP contribution is 2.31. The van der Waals surface area contributed by atoms with Gasteiger partial charge in [0, 0.05) is 23.5 Å². The molecule has 0 spiro atoms. The van der Waals surface area contributed by atoms with Crippen molar-refractivity contribution in [2.45, 2.75) is 64.2 Å². The van der Waals surface area contributed by atoms with Crippen LogP contribution in [0.1, 0.15) is 49.7 Å². The molecule has 114 valence electrons. The van der Waals surface area contributed by atoms with Crippen molar-refractivity contribution in [1.29, 1.82) is 0 Å². The number of nitrogens with zero attached hydrogens (tertiary/aromatic N) is 3. The minimum absolute atomic E-state index is 0.724. The molecule has 1 aliphatic carbocycles. The van der Waals surface area contributed by atoms with Crippen molar-refractivity contribution in [2.75, 3.05) is 0 Å². The molecule has 1 fully saturated rings. The topological polar surface area (TPSA) is 30.7 Å². The smallest absolute Gasteiger partial charge is 0.160 e. The Hall–Kier alpha value is -0.900. The number of fused-ring (bicyclic) bond motifs is 1. The zero-order valence-electron chi connectivity index (χ0n) is 13.2. The molecule has 2 heterocycles. The Bertz CT molecular complexity index is 639. The van der Waals surface area contributed by atoms with Gasteiger partial charge in [-0.05, 0) is 57.1 Å². The van der Waals surface area contributed by atoms with Crippen molar-refractivity contribution >= 4 is 27.1 Å². The Labute approximate surface area is 135 Å². The van der Waals surface area contributed by atoms with Gasteiger partial charge in [-0.15, -0.1) is 0 Å². The lowest BCUT2D eigenvalue weighted by atomic mass is 9.89. The third kappa shape index (κ3) is 3.01. The van der Waals surface area contributed by atoms with Crippen LogP contribution in [0.3, 0.4) is 0 Å². The molecule has 3 rings (SSSR count). The SMILES string of the molecule is CCc1nc2c(C)cc(C)nc2n1CC1CCC(Br)CC1. The fourth-order valence-corrected chi connectivity index (χ4v) is 4.00. The van der Waals surface area contributed by atoms with Crippen molar-refractivity contribution in [3.05, 3.63) is 23.1 Å². The first-order valence-electron chi connectivity index (χ1n) is 8.06. The normalized spacial score (nSPS) is 22.9. The van der Waals surface area contributed by atoms with E-state index < -0.39 is 0 Å². The second-order valence-electron chi connectivity index (χ2n) is 6.36. The number of halogens is 1. The van der Waals surface area contributed by atoms with E-state index in [2.05, 4.69) is 47.3 Å². The van der Waals surface area contributed by atoms with Crippen LogP contribution in [0.15, 0.2) is 6.07 Å². The van der Waals surface area contributed by atoms with E-state index in [1.165, 1.54) is 37.1 Å². The molecule has 0 unspecified atom stereocenters. The maximum atomic E-state index is 4.84. The summed E-state index contributed by atoms with van der Waals surface area (Å²) in [5.74, 6) is 1.95. The molecule has 2 aromatic rings. The highest BCUT2D eigenvalue weighted by atomic mass is 79.9. The Balaban J connectivity index is 1.96. The molecular weight excluding hydrogens is 326 g/mol. The fourth-order valence-electron chi connectivity index (χ4n) is 3.47. The first kappa shape index (κ1) is 15.0. The lowest BCUT2D eigenvalue weighted by molar-refractivity contribution is 0.326. The van der Waals surface area contributed by atoms with Gasteiger partial charge in [0.25, 0.3) is 0 Å². The lowest BCUT2D eigenvalue weighted by Gasteiger charge is -2.26. The molecule has 0 amide bonds. The molecule has 1 saturated carbocycles. The molecule has 2 aromatic heterocycles. The van der Waals surface area contributed by atoms with Gasteiger partial charge in [-0.2, -0.15) is 0 Å². The van der Waals surface area contributed by atoms with E-state index in [1.54, 1.807) is 0 Å². The van der Waals surface area contributed by atoms with Gasteiger partial charge in [0.2, 0.25) is 0 Å². The van der Waals surface area contributed by atoms with Crippen LogP contribution in [0.5, 0.6) is 0 Å². The third-order valence-corrected chi connectivity index (χ3v) is 5.55. The molecule has 0 atom stereocenters. The summed E-state index contributed by atoms with van der Waals surface area (Å²) in [6.45, 7) is 7.49. The number of hydrogen-bond acceptors (Lipinski definition) is 2. The van der Waals surface area contributed by atoms with Crippen molar-refractivity contribution in [3.8, 4) is 0 Å². The summed E-state index contributed by atoms with van der Waals surface area (Å²) in [6.07, 6.45) is 6.18. The van der Waals surface area contributed by atoms with Crippen LogP contribution in [-0.2, 0) is 13.0 Å². The molecule has 0 aromatic carbocycles. The summed E-state index contributed by atoms with van der Waals surface area (Å²) < 4.78 is 2.38. The average molecular weight is 350 g/mol. The summed E-state index contributed by atoms with van der Waals surface area (Å²) in [7, 11) is 0. The van der Waals surface area contributed by atoms with Gasteiger partial charge in [0.05, 0.1) is 0 Å². The van der Waals surface area contributed by atoms with Crippen LogP contribution in [0, 0.1) is 19.8 Å². The maximum absolute atomic E-state index is 4.84. The summed E-state index contributed by atoms with van der Waals surface area (Å²) in [5.41, 5.74) is 4.51. The number of imidazole rings is 1. The van der Waals surface area contributed by atoms with Crippen LogP contribution < -0.4 is 0 Å². The Morgan fingerprint density at radius 3 is 2.57 bits per heavy atom. The molecule has 0 N–H and O–H groups in total. The van der Waals surface area contributed by atoms with E-state index >= 15 is 0 Å². The summed E-state index contributed by atoms with van der Waals surface area (Å²) in [6, 6.07) is 2.13. The second-order valence-corrected chi connectivity index (χ2v) is 7.66. The van der Waals surface area contributed by atoms with E-state index in [0.29, 0.717) is 0 Å². The van der Waals surface area contributed by atoms with Crippen LogP contribution in [-0.4, -0.2) is 19.4 Å². The first-order valence-corrected chi connectivity index (χ1v) is 8.97. The molecule has 0 saturated heterocycles. The first-order chi connectivity index (χ1) is 10.1. The molecule has 0 bridgehead atoms. The Morgan fingerprint density at radius 1 is 1.19 bits per heavy atom. The molecule has 3 nitrogen and oxygen atoms in total. The van der Waals surface area contributed by atoms with Crippen molar-refractivity contribution in [3.63, 3.8) is 0 Å². The summed E-state index contributed by atoms with van der Waals surface area (Å²) in [5, 5.41) is 0. The van der Waals surface area contributed by atoms with Crippen molar-refractivity contribution in [1.82, 2.24) is 14.5 Å². The maximum Gasteiger partial charge on any atom is 0.160 e. The number of aromatic nitrogens is 3. The monoisotopic (exact) mass is 349 g/mol. The number of hydrogen-bond donors (Lipinski definition) is 0. The molecule has 1 aliphatic rings. The van der Waals surface area contributed by atoms with E-state index in [0.717, 1.165) is 40.6 Å². The Morgan fingerprint density at radius 2 is 1.90 bits per heavy atom. The molecular formula is C17H24BrN3. The standard InChI is InChI=1S/C17H24BrN3/c1-4-15-20-16-11(2)9-12(3)19-17(16)21(15)10-13-5-7-14(18)8-6-13/h9,13-14H,4-8,10H2,1-3H3. The Kier molecular flexibility index (Phi) is 4.34. The zero-order chi connectivity index (χ0) is 15.0. The number of rotatable bonds is 3. The van der Waals surface area contributed by atoms with Gasteiger partial charge in [-0.25, -0.2) is 9.97 Å². The van der Waals surface area contributed by atoms with E-state index in [4.69, 9.17) is 9.97 Å². The van der Waals surface area contributed by atoms with Gasteiger partial charge in [0.1, 0.15) is 11.3 Å². The quantitative estimate of drug-likeness (QED) is 0.760. The van der Waals surface area contributed by atoms with Gasteiger partial charge < -0.3 is 4.57 Å². The van der Waals surface area contributed by atoms with Gasteiger partial charge in [0.15, 0.2) is 5.65 Å². The molecule has 21 heavy (non-hydrogen) atoms. The molecule has 4 heteroatoms. The minimum atomic E-state index is 0.724. The van der Waals surface area contributed by atoms with E-state index in [-0.39, 0.29) is 0 Å². The van der Waals surface area contributed by atoms with Crippen LogP contribution >= 0.6 is 15.9 Å². The third-order valence-electron chi connectivity index (χ3n) is 4.63. The predicted molar refractivity (Wildman–Crippen MR) is 91.1 cm³/mol. The number of pyridine rings is 1. The van der Waals surface area contributed by atoms with E-state index in [1.807, 2.05) is 0 Å². The highest BCUT2D eigenvalue weighted by Gasteiger charge is 2.22. The number of alkyl halides is 1. The lowest BCUT2D eigenvalue weighted by Crippen LogP contribution is -2.20. The second kappa shape index (κ2) is 6.07. The van der Waals surface area contributed by atoms with Crippen LogP contribution in [0.25, 0.3) is 11.2 Å². The van der Waals surface area contributed by atoms with Gasteiger partial charge >= 0.3 is 0 Å². The van der Waals surface area contributed by atoms with Gasteiger partial charge in [-0.1, -0.05) is 22.9 Å². The van der Waals surface area contributed by atoms with Crippen molar-refractivity contribution in [2.24, 2.45) is 5.92 Å². The largest absolute Gasteiger partial charge is 0.312 e. The molecule has 0 aliphatic heterocycles. The van der Waals surface area contributed by atoms with Gasteiger partial charge in [-0.3, -0.25) is 0 Å². The number of aryl methyl sites for hydroxylation is 3. The molecule has 0 radical (unpaired) electrons. The zero-order valence-corrected chi connectivity index (χ0v) is 14.8. The summed E-state index contributed by atoms with van der Waals surface area (Å²) in [4.78, 5) is 10.3. The van der Waals surface area contributed by atoms with E-state index in [9.17, 15) is 0 Å². The predicted octanol–water partition coefficient (Wildman–Crippen LogP) is 4.56. The summed E-state index contributed by atoms with van der Waals surface area (Å²) >= 11 is 3.75.